The maximum atomic E-state index is 11.0. The van der Waals surface area contributed by atoms with Gasteiger partial charge in [-0.1, -0.05) is 13.3 Å². The molecular weight excluding hydrogens is 257 g/mol. The van der Waals surface area contributed by atoms with E-state index < -0.39 is 0 Å². The Morgan fingerprint density at radius 1 is 1.36 bits per heavy atom. The van der Waals surface area contributed by atoms with Gasteiger partial charge in [-0.05, 0) is 19.1 Å². The van der Waals surface area contributed by atoms with Gasteiger partial charge >= 0.3 is 0 Å². The van der Waals surface area contributed by atoms with Crippen LogP contribution in [0.5, 0.6) is 0 Å². The zero-order chi connectivity index (χ0) is 10.3. The van der Waals surface area contributed by atoms with Crippen molar-refractivity contribution >= 4 is 17.9 Å². The first-order chi connectivity index (χ1) is 6.06. The molecule has 0 aromatic heterocycles. The maximum Gasteiger partial charge on any atom is 0.155 e. The van der Waals surface area contributed by atoms with Gasteiger partial charge in [0.05, 0.1) is 0 Å². The molecule has 0 aromatic rings. The van der Waals surface area contributed by atoms with E-state index in [1.54, 1.807) is 13.2 Å². The Balaban J connectivity index is 0. The predicted molar refractivity (Wildman–Crippen MR) is 48.9 cm³/mol. The third-order valence-electron chi connectivity index (χ3n) is 1.53. The van der Waals surface area contributed by atoms with Gasteiger partial charge in [-0.15, -0.1) is 5.92 Å². The number of carbonyl (C=O) groups excluding carboxylic acids is 3. The Labute approximate surface area is 109 Å². The minimum absolute atomic E-state index is 0. The molecule has 0 heterocycles. The fraction of sp³-hybridized carbons (Fsp3) is 0.500. The van der Waals surface area contributed by atoms with Crippen LogP contribution in [-0.4, -0.2) is 17.9 Å². The molecule has 3 nitrogen and oxygen atoms in total. The van der Waals surface area contributed by atoms with Gasteiger partial charge in [0.25, 0.3) is 0 Å². The van der Waals surface area contributed by atoms with Gasteiger partial charge in [0.15, 0.2) is 11.6 Å². The largest absolute Gasteiger partial charge is 0.542 e. The predicted octanol–water partition coefficient (Wildman–Crippen LogP) is 1.22. The summed E-state index contributed by atoms with van der Waals surface area (Å²) in [5.41, 5.74) is 0. The molecule has 0 saturated carbocycles. The van der Waals surface area contributed by atoms with Crippen molar-refractivity contribution in [2.45, 2.75) is 26.7 Å². The molecule has 0 amide bonds. The molecule has 1 unspecified atom stereocenters. The number of carbonyl (C=O) groups is 2. The second-order valence-corrected chi connectivity index (χ2v) is 2.97. The van der Waals surface area contributed by atoms with E-state index in [1.165, 1.54) is 19.1 Å². The molecule has 4 heteroatoms. The SMILES string of the molecule is CC(=O)C=CC(=O)CCC(C)[C-]=O.[Y]. The molecule has 0 saturated heterocycles. The van der Waals surface area contributed by atoms with Gasteiger partial charge < -0.3 is 4.79 Å². The molecule has 0 fully saturated rings. The summed E-state index contributed by atoms with van der Waals surface area (Å²) in [4.78, 5) is 31.5. The summed E-state index contributed by atoms with van der Waals surface area (Å²) in [5, 5.41) is 0. The fourth-order valence-electron chi connectivity index (χ4n) is 0.711. The summed E-state index contributed by atoms with van der Waals surface area (Å²) in [6, 6.07) is 0. The molecule has 0 aliphatic carbocycles. The van der Waals surface area contributed by atoms with Crippen molar-refractivity contribution in [1.82, 2.24) is 0 Å². The van der Waals surface area contributed by atoms with Gasteiger partial charge in [0.1, 0.15) is 0 Å². The molecule has 1 radical (unpaired) electrons. The average molecular weight is 270 g/mol. The monoisotopic (exact) mass is 270 g/mol. The maximum absolute atomic E-state index is 11.0. The van der Waals surface area contributed by atoms with Crippen LogP contribution in [0, 0.1) is 5.92 Å². The number of allylic oxidation sites excluding steroid dienone is 2. The molecule has 0 aliphatic heterocycles. The van der Waals surface area contributed by atoms with Crippen LogP contribution in [0.3, 0.4) is 0 Å². The second-order valence-electron chi connectivity index (χ2n) is 2.97. The van der Waals surface area contributed by atoms with Crippen molar-refractivity contribution in [2.75, 3.05) is 0 Å². The van der Waals surface area contributed by atoms with Gasteiger partial charge in [0.2, 0.25) is 0 Å². The van der Waals surface area contributed by atoms with E-state index in [4.69, 9.17) is 0 Å². The molecule has 0 rings (SSSR count). The second kappa shape index (κ2) is 9.41. The topological polar surface area (TPSA) is 51.2 Å². The van der Waals surface area contributed by atoms with E-state index in [2.05, 4.69) is 0 Å². The van der Waals surface area contributed by atoms with E-state index >= 15 is 0 Å². The summed E-state index contributed by atoms with van der Waals surface area (Å²) in [6.45, 7) is 3.08. The third-order valence-corrected chi connectivity index (χ3v) is 1.53. The Morgan fingerprint density at radius 2 is 1.93 bits per heavy atom. The van der Waals surface area contributed by atoms with Crippen molar-refractivity contribution < 1.29 is 47.1 Å². The minimum atomic E-state index is -0.213. The Morgan fingerprint density at radius 3 is 2.36 bits per heavy atom. The summed E-state index contributed by atoms with van der Waals surface area (Å²) < 4.78 is 0. The third kappa shape index (κ3) is 9.94. The van der Waals surface area contributed by atoms with Crippen LogP contribution < -0.4 is 0 Å². The Hall–Kier alpha value is -0.146. The van der Waals surface area contributed by atoms with E-state index in [0.717, 1.165) is 0 Å². The summed E-state index contributed by atoms with van der Waals surface area (Å²) in [6.07, 6.45) is 5.06. The van der Waals surface area contributed by atoms with Gasteiger partial charge in [-0.25, -0.2) is 0 Å². The standard InChI is InChI=1S/C10H13O3.Y/c1-8(7-11)3-5-10(13)6-4-9(2)12;/h4,6,8H,3,5H2,1-2H3;/q-1;. The molecule has 14 heavy (non-hydrogen) atoms. The normalized spacial score (nSPS) is 11.9. The average Bonchev–Trinajstić information content (AvgIpc) is 2.10. The quantitative estimate of drug-likeness (QED) is 0.538. The summed E-state index contributed by atoms with van der Waals surface area (Å²) >= 11 is 0. The zero-order valence-electron chi connectivity index (χ0n) is 8.45. The smallest absolute Gasteiger partial charge is 0.155 e. The fourth-order valence-corrected chi connectivity index (χ4v) is 0.711. The van der Waals surface area contributed by atoms with Crippen LogP contribution in [0.1, 0.15) is 26.7 Å². The zero-order valence-corrected chi connectivity index (χ0v) is 11.3. The first-order valence-corrected chi connectivity index (χ1v) is 4.15. The van der Waals surface area contributed by atoms with Crippen LogP contribution in [0.25, 0.3) is 0 Å². The van der Waals surface area contributed by atoms with Crippen LogP contribution in [0.2, 0.25) is 0 Å². The molecule has 1 atom stereocenters. The molecule has 0 spiro atoms. The number of ketones is 2. The van der Waals surface area contributed by atoms with E-state index in [-0.39, 0.29) is 50.2 Å². The van der Waals surface area contributed by atoms with E-state index in [0.29, 0.717) is 12.8 Å². The molecule has 0 N–H and O–H groups in total. The molecular formula is C10H13O3Y-. The van der Waals surface area contributed by atoms with Gasteiger partial charge in [-0.2, -0.15) is 0 Å². The van der Waals surface area contributed by atoms with E-state index in [1.807, 2.05) is 0 Å². The first-order valence-electron chi connectivity index (χ1n) is 4.15. The molecule has 0 aliphatic rings. The molecule has 0 bridgehead atoms. The molecule has 0 aromatic carbocycles. The van der Waals surface area contributed by atoms with Crippen molar-refractivity contribution in [3.05, 3.63) is 12.2 Å². The summed E-state index contributed by atoms with van der Waals surface area (Å²) in [7, 11) is 0. The van der Waals surface area contributed by atoms with Crippen LogP contribution in [-0.2, 0) is 47.1 Å². The van der Waals surface area contributed by atoms with E-state index in [9.17, 15) is 14.4 Å². The number of rotatable bonds is 6. The van der Waals surface area contributed by atoms with Crippen LogP contribution in [0.4, 0.5) is 0 Å². The number of hydrogen-bond donors (Lipinski definition) is 0. The van der Waals surface area contributed by atoms with Crippen molar-refractivity contribution in [1.29, 1.82) is 0 Å². The first kappa shape index (κ1) is 16.3. The van der Waals surface area contributed by atoms with Crippen LogP contribution in [0.15, 0.2) is 12.2 Å². The Bertz CT molecular complexity index is 234. The van der Waals surface area contributed by atoms with Gasteiger partial charge in [-0.3, -0.25) is 15.9 Å². The summed E-state index contributed by atoms with van der Waals surface area (Å²) in [5.74, 6) is -0.490. The molecule has 75 valence electrons. The van der Waals surface area contributed by atoms with Crippen molar-refractivity contribution in [3.8, 4) is 0 Å². The minimum Gasteiger partial charge on any atom is -0.542 e. The number of hydrogen-bond acceptors (Lipinski definition) is 3. The Kier molecular flexibility index (Phi) is 10.9. The van der Waals surface area contributed by atoms with Gasteiger partial charge in [0, 0.05) is 39.1 Å². The van der Waals surface area contributed by atoms with Crippen molar-refractivity contribution in [2.24, 2.45) is 5.92 Å². The van der Waals surface area contributed by atoms with Crippen molar-refractivity contribution in [3.63, 3.8) is 0 Å². The van der Waals surface area contributed by atoms with Crippen LogP contribution >= 0.6 is 0 Å².